The summed E-state index contributed by atoms with van der Waals surface area (Å²) in [6, 6.07) is 0. The molecule has 0 radical (unpaired) electrons. The van der Waals surface area contributed by atoms with Gasteiger partial charge in [0.15, 0.2) is 5.65 Å². The zero-order chi connectivity index (χ0) is 11.4. The van der Waals surface area contributed by atoms with Gasteiger partial charge in [-0.1, -0.05) is 25.4 Å². The summed E-state index contributed by atoms with van der Waals surface area (Å²) in [6.07, 6.45) is 4.06. The van der Waals surface area contributed by atoms with E-state index in [2.05, 4.69) is 32.1 Å². The second-order valence-corrected chi connectivity index (χ2v) is 5.06. The second-order valence-electron chi connectivity index (χ2n) is 2.61. The van der Waals surface area contributed by atoms with Gasteiger partial charge < -0.3 is 0 Å². The Morgan fingerprint density at radius 1 is 1.40 bits per heavy atom. The van der Waals surface area contributed by atoms with Crippen LogP contribution in [0.5, 0.6) is 0 Å². The normalized spacial score (nSPS) is 10.7. The lowest BCUT2D eigenvalue weighted by Crippen LogP contribution is -1.87. The van der Waals surface area contributed by atoms with E-state index >= 15 is 0 Å². The van der Waals surface area contributed by atoms with Gasteiger partial charge >= 0.3 is 0 Å². The van der Waals surface area contributed by atoms with Crippen molar-refractivity contribution in [2.45, 2.75) is 20.8 Å². The largest absolute Gasteiger partial charge is 0.235 e. The lowest BCUT2D eigenvalue weighted by atomic mass is 10.2. The number of hydrogen-bond acceptors (Lipinski definition) is 2. The van der Waals surface area contributed by atoms with Crippen molar-refractivity contribution in [3.8, 4) is 0 Å². The monoisotopic (exact) mass is 355 g/mol. The molecular weight excluding hydrogens is 343 g/mol. The SMILES string of the molecule is CC.Cc1c(Cl)cnc2c1cnn2PI. The minimum absolute atomic E-state index is 0.571. The maximum atomic E-state index is 5.94. The van der Waals surface area contributed by atoms with Crippen LogP contribution in [-0.4, -0.2) is 14.5 Å². The quantitative estimate of drug-likeness (QED) is 0.567. The molecule has 0 aliphatic carbocycles. The molecule has 15 heavy (non-hydrogen) atoms. The lowest BCUT2D eigenvalue weighted by Gasteiger charge is -1.99. The van der Waals surface area contributed by atoms with E-state index in [4.69, 9.17) is 11.6 Å². The Morgan fingerprint density at radius 2 is 2.07 bits per heavy atom. The predicted molar refractivity (Wildman–Crippen MR) is 76.4 cm³/mol. The molecule has 0 saturated carbocycles. The third-order valence-corrected chi connectivity index (χ3v) is 4.13. The number of halogens is 2. The van der Waals surface area contributed by atoms with Crippen molar-refractivity contribution in [1.82, 2.24) is 14.5 Å². The summed E-state index contributed by atoms with van der Waals surface area (Å²) >= 11 is 8.21. The van der Waals surface area contributed by atoms with Gasteiger partial charge in [0, 0.05) is 11.6 Å². The molecule has 0 fully saturated rings. The molecule has 2 heterocycles. The molecule has 0 amide bonds. The van der Waals surface area contributed by atoms with Crippen LogP contribution in [0, 0.1) is 6.92 Å². The Balaban J connectivity index is 0.000000531. The average molecular weight is 356 g/mol. The first-order valence-corrected chi connectivity index (χ1v) is 9.03. The third-order valence-electron chi connectivity index (χ3n) is 1.89. The number of aryl methyl sites for hydroxylation is 1. The summed E-state index contributed by atoms with van der Waals surface area (Å²) in [4.78, 5) is 4.24. The summed E-state index contributed by atoms with van der Waals surface area (Å²) in [6.45, 7) is 5.98. The molecule has 2 aromatic heterocycles. The molecule has 0 aromatic carbocycles. The van der Waals surface area contributed by atoms with Crippen molar-refractivity contribution in [1.29, 1.82) is 0 Å². The zero-order valence-electron chi connectivity index (χ0n) is 8.75. The van der Waals surface area contributed by atoms with E-state index in [0.717, 1.165) is 16.6 Å². The smallest absolute Gasteiger partial charge is 0.162 e. The number of fused-ring (bicyclic) bond motifs is 1. The van der Waals surface area contributed by atoms with Crippen LogP contribution in [-0.2, 0) is 0 Å². The maximum Gasteiger partial charge on any atom is 0.162 e. The number of aromatic nitrogens is 3. The van der Waals surface area contributed by atoms with Gasteiger partial charge in [-0.2, -0.15) is 5.10 Å². The molecule has 0 spiro atoms. The molecule has 0 N–H and O–H groups in total. The summed E-state index contributed by atoms with van der Waals surface area (Å²) in [5.41, 5.74) is 1.96. The lowest BCUT2D eigenvalue weighted by molar-refractivity contribution is 1.02. The molecule has 3 nitrogen and oxygen atoms in total. The molecule has 82 valence electrons. The van der Waals surface area contributed by atoms with Crippen LogP contribution in [0.15, 0.2) is 12.4 Å². The highest BCUT2D eigenvalue weighted by Crippen LogP contribution is 2.30. The minimum atomic E-state index is 0.571. The van der Waals surface area contributed by atoms with Crippen LogP contribution in [0.4, 0.5) is 0 Å². The fourth-order valence-electron chi connectivity index (χ4n) is 1.14. The summed E-state index contributed by atoms with van der Waals surface area (Å²) in [5.74, 6) is 0. The maximum absolute atomic E-state index is 5.94. The van der Waals surface area contributed by atoms with Gasteiger partial charge in [0.1, 0.15) is 0 Å². The van der Waals surface area contributed by atoms with E-state index in [9.17, 15) is 0 Å². The van der Waals surface area contributed by atoms with Gasteiger partial charge in [0.05, 0.1) is 17.6 Å². The Morgan fingerprint density at radius 3 is 2.67 bits per heavy atom. The molecule has 1 atom stereocenters. The molecule has 1 unspecified atom stereocenters. The molecule has 0 aliphatic heterocycles. The van der Waals surface area contributed by atoms with E-state index in [1.807, 2.05) is 31.4 Å². The van der Waals surface area contributed by atoms with E-state index in [-0.39, 0.29) is 0 Å². The summed E-state index contributed by atoms with van der Waals surface area (Å²) < 4.78 is 1.87. The molecule has 0 saturated heterocycles. The van der Waals surface area contributed by atoms with Crippen molar-refractivity contribution in [2.75, 3.05) is 0 Å². The summed E-state index contributed by atoms with van der Waals surface area (Å²) in [7, 11) is 0. The van der Waals surface area contributed by atoms with Crippen LogP contribution in [0.25, 0.3) is 11.0 Å². The Labute approximate surface area is 109 Å². The molecule has 6 heteroatoms. The van der Waals surface area contributed by atoms with Crippen LogP contribution in [0.3, 0.4) is 0 Å². The van der Waals surface area contributed by atoms with Gasteiger partial charge in [-0.05, 0) is 34.5 Å². The van der Waals surface area contributed by atoms with Crippen LogP contribution in [0.1, 0.15) is 19.4 Å². The molecule has 0 bridgehead atoms. The van der Waals surface area contributed by atoms with Crippen LogP contribution in [0.2, 0.25) is 5.02 Å². The van der Waals surface area contributed by atoms with Crippen molar-refractivity contribution in [2.24, 2.45) is 0 Å². The topological polar surface area (TPSA) is 30.7 Å². The number of hydrogen-bond donors (Lipinski definition) is 0. The first-order chi connectivity index (χ1) is 7.24. The van der Waals surface area contributed by atoms with Crippen LogP contribution < -0.4 is 0 Å². The molecule has 2 aromatic rings. The number of rotatable bonds is 1. The fourth-order valence-corrected chi connectivity index (χ4v) is 2.71. The Bertz CT molecular complexity index is 458. The van der Waals surface area contributed by atoms with Gasteiger partial charge in [-0.3, -0.25) is 0 Å². The Kier molecular flexibility index (Phi) is 5.23. The van der Waals surface area contributed by atoms with Crippen molar-refractivity contribution >= 4 is 51.0 Å². The first kappa shape index (κ1) is 13.1. The third kappa shape index (κ3) is 2.60. The molecular formula is C9H12ClIN3P. The van der Waals surface area contributed by atoms with E-state index in [1.165, 1.54) is 0 Å². The average Bonchev–Trinajstić information content (AvgIpc) is 2.70. The second kappa shape index (κ2) is 5.97. The van der Waals surface area contributed by atoms with Crippen molar-refractivity contribution in [3.63, 3.8) is 0 Å². The van der Waals surface area contributed by atoms with Gasteiger partial charge in [-0.25, -0.2) is 9.44 Å². The zero-order valence-corrected chi connectivity index (χ0v) is 12.7. The van der Waals surface area contributed by atoms with Gasteiger partial charge in [0.25, 0.3) is 0 Å². The van der Waals surface area contributed by atoms with Crippen molar-refractivity contribution in [3.05, 3.63) is 23.0 Å². The molecule has 0 aliphatic rings. The first-order valence-electron chi connectivity index (χ1n) is 4.59. The molecule has 2 rings (SSSR count). The van der Waals surface area contributed by atoms with E-state index in [0.29, 0.717) is 11.4 Å². The highest BCUT2D eigenvalue weighted by atomic mass is 127. The van der Waals surface area contributed by atoms with Gasteiger partial charge in [0.2, 0.25) is 0 Å². The van der Waals surface area contributed by atoms with E-state index < -0.39 is 0 Å². The Hall–Kier alpha value is 0.0700. The highest BCUT2D eigenvalue weighted by molar-refractivity contribution is 14.2. The highest BCUT2D eigenvalue weighted by Gasteiger charge is 2.07. The standard InChI is InChI=1S/C7H6ClIN3P.C2H6/c1-4-5-2-11-12(13-9)7(5)10-3-6(4)8;1-2/h2-3,13H,1H3;1-2H3. The summed E-state index contributed by atoms with van der Waals surface area (Å²) in [5, 5.41) is 5.95. The van der Waals surface area contributed by atoms with Gasteiger partial charge in [-0.15, -0.1) is 0 Å². The number of pyridine rings is 1. The number of nitrogens with zero attached hydrogens (tertiary/aromatic N) is 3. The minimum Gasteiger partial charge on any atom is -0.235 e. The van der Waals surface area contributed by atoms with E-state index in [1.54, 1.807) is 6.20 Å². The van der Waals surface area contributed by atoms with Crippen molar-refractivity contribution < 1.29 is 0 Å². The predicted octanol–water partition coefficient (Wildman–Crippen LogP) is 4.21. The fraction of sp³-hybridized carbons (Fsp3) is 0.333. The van der Waals surface area contributed by atoms with Crippen LogP contribution >= 0.6 is 40.0 Å².